The third kappa shape index (κ3) is 5.11. The van der Waals surface area contributed by atoms with Gasteiger partial charge in [0, 0.05) is 13.1 Å². The number of rotatable bonds is 5. The molecule has 2 aromatic carbocycles. The van der Waals surface area contributed by atoms with Gasteiger partial charge in [-0.15, -0.1) is 0 Å². The number of carbonyl (C=O) groups excluding carboxylic acids is 2. The van der Waals surface area contributed by atoms with Gasteiger partial charge < -0.3 is 4.74 Å². The van der Waals surface area contributed by atoms with Gasteiger partial charge in [0.05, 0.1) is 16.3 Å². The highest BCUT2D eigenvalue weighted by Gasteiger charge is 2.44. The van der Waals surface area contributed by atoms with Crippen LogP contribution in [0.1, 0.15) is 10.4 Å². The Kier molecular flexibility index (Phi) is 6.62. The molecule has 0 saturated heterocycles. The van der Waals surface area contributed by atoms with Gasteiger partial charge in [-0.2, -0.15) is 17.6 Å². The smallest absolute Gasteiger partial charge is 0.428 e. The largest absolute Gasteiger partial charge is 0.461 e. The van der Waals surface area contributed by atoms with E-state index in [1.807, 2.05) is 0 Å². The lowest BCUT2D eigenvalue weighted by atomic mass is 10.2. The fourth-order valence-electron chi connectivity index (χ4n) is 2.09. The molecule has 5 nitrogen and oxygen atoms in total. The Hall–Kier alpha value is -2.95. The van der Waals surface area contributed by atoms with Crippen LogP contribution in [0.15, 0.2) is 36.4 Å². The number of nitrogens with one attached hydrogen (secondary N) is 1. The minimum Gasteiger partial charge on any atom is -0.428 e. The molecule has 29 heavy (non-hydrogen) atoms. The number of alkyl halides is 4. The van der Waals surface area contributed by atoms with Crippen LogP contribution < -0.4 is 15.0 Å². The van der Waals surface area contributed by atoms with Crippen LogP contribution in [0.2, 0.25) is 5.02 Å². The van der Waals surface area contributed by atoms with Gasteiger partial charge in [0.1, 0.15) is 11.6 Å². The Morgan fingerprint density at radius 3 is 2.34 bits per heavy atom. The van der Waals surface area contributed by atoms with Crippen LogP contribution in [-0.2, 0) is 0 Å². The summed E-state index contributed by atoms with van der Waals surface area (Å²) in [7, 11) is 1.01. The molecule has 0 atom stereocenters. The zero-order valence-electron chi connectivity index (χ0n) is 14.4. The fraction of sp³-hybridized carbons (Fsp3) is 0.176. The van der Waals surface area contributed by atoms with Crippen LogP contribution in [-0.4, -0.2) is 31.5 Å². The molecule has 0 aliphatic carbocycles. The SMILES string of the molecule is CN(C(=O)NC(=O)c1c(F)cccc1Cl)c1ccc(OC(F)(F)C(F)F)cc1F. The summed E-state index contributed by atoms with van der Waals surface area (Å²) in [6, 6.07) is 4.02. The van der Waals surface area contributed by atoms with Crippen LogP contribution in [0, 0.1) is 11.6 Å². The molecule has 3 amide bonds. The lowest BCUT2D eigenvalue weighted by Crippen LogP contribution is -2.41. The number of hydrogen-bond acceptors (Lipinski definition) is 3. The van der Waals surface area contributed by atoms with E-state index in [0.717, 1.165) is 19.2 Å². The Labute approximate surface area is 164 Å². The van der Waals surface area contributed by atoms with Gasteiger partial charge in [-0.1, -0.05) is 17.7 Å². The molecule has 1 N–H and O–H groups in total. The Balaban J connectivity index is 2.16. The third-order valence-electron chi connectivity index (χ3n) is 3.50. The second kappa shape index (κ2) is 8.60. The van der Waals surface area contributed by atoms with Gasteiger partial charge in [-0.05, 0) is 24.3 Å². The van der Waals surface area contributed by atoms with E-state index < -0.39 is 53.1 Å². The maximum Gasteiger partial charge on any atom is 0.461 e. The van der Waals surface area contributed by atoms with E-state index in [-0.39, 0.29) is 5.02 Å². The highest BCUT2D eigenvalue weighted by molar-refractivity contribution is 6.34. The van der Waals surface area contributed by atoms with Crippen molar-refractivity contribution in [2.24, 2.45) is 0 Å². The maximum atomic E-state index is 14.1. The Morgan fingerprint density at radius 1 is 1.14 bits per heavy atom. The van der Waals surface area contributed by atoms with Gasteiger partial charge in [0.15, 0.2) is 5.82 Å². The van der Waals surface area contributed by atoms with Crippen LogP contribution >= 0.6 is 11.6 Å². The molecule has 0 aliphatic rings. The lowest BCUT2D eigenvalue weighted by Gasteiger charge is -2.20. The molecule has 12 heteroatoms. The number of ether oxygens (including phenoxy) is 1. The summed E-state index contributed by atoms with van der Waals surface area (Å²) in [6.45, 7) is 0. The van der Waals surface area contributed by atoms with Crippen molar-refractivity contribution in [3.63, 3.8) is 0 Å². The summed E-state index contributed by atoms with van der Waals surface area (Å²) in [6.07, 6.45) is -8.99. The van der Waals surface area contributed by atoms with Gasteiger partial charge in [-0.3, -0.25) is 15.0 Å². The highest BCUT2D eigenvalue weighted by Crippen LogP contribution is 2.30. The van der Waals surface area contributed by atoms with E-state index in [2.05, 4.69) is 4.74 Å². The van der Waals surface area contributed by atoms with E-state index in [9.17, 15) is 35.9 Å². The number of urea groups is 1. The van der Waals surface area contributed by atoms with E-state index in [1.54, 1.807) is 5.32 Å². The predicted molar refractivity (Wildman–Crippen MR) is 90.7 cm³/mol. The van der Waals surface area contributed by atoms with E-state index >= 15 is 0 Å². The zero-order valence-corrected chi connectivity index (χ0v) is 15.1. The Morgan fingerprint density at radius 2 is 1.79 bits per heavy atom. The molecule has 0 aliphatic heterocycles. The molecule has 0 aromatic heterocycles. The summed E-state index contributed by atoms with van der Waals surface area (Å²) in [5.74, 6) is -4.42. The predicted octanol–water partition coefficient (Wildman–Crippen LogP) is 4.84. The van der Waals surface area contributed by atoms with Crippen molar-refractivity contribution in [3.05, 3.63) is 58.6 Å². The van der Waals surface area contributed by atoms with E-state index in [1.165, 1.54) is 12.1 Å². The topological polar surface area (TPSA) is 58.6 Å². The number of anilines is 1. The van der Waals surface area contributed by atoms with Crippen molar-refractivity contribution in [3.8, 4) is 5.75 Å². The number of imide groups is 1. The molecule has 2 rings (SSSR count). The van der Waals surface area contributed by atoms with E-state index in [4.69, 9.17) is 11.6 Å². The van der Waals surface area contributed by atoms with Crippen molar-refractivity contribution >= 4 is 29.2 Å². The molecule has 2 aromatic rings. The maximum absolute atomic E-state index is 14.1. The average molecular weight is 441 g/mol. The Bertz CT molecular complexity index is 921. The van der Waals surface area contributed by atoms with Crippen molar-refractivity contribution in [1.29, 1.82) is 0 Å². The molecule has 0 unspecified atom stereocenters. The van der Waals surface area contributed by atoms with Crippen LogP contribution in [0.4, 0.5) is 36.8 Å². The van der Waals surface area contributed by atoms with Crippen LogP contribution in [0.3, 0.4) is 0 Å². The number of carbonyl (C=O) groups is 2. The molecule has 0 heterocycles. The molecule has 0 radical (unpaired) electrons. The number of hydrogen-bond donors (Lipinski definition) is 1. The summed E-state index contributed by atoms with van der Waals surface area (Å²) in [4.78, 5) is 24.7. The van der Waals surface area contributed by atoms with Crippen molar-refractivity contribution in [1.82, 2.24) is 5.32 Å². The lowest BCUT2D eigenvalue weighted by molar-refractivity contribution is -0.253. The number of nitrogens with zero attached hydrogens (tertiary/aromatic N) is 1. The first-order valence-corrected chi connectivity index (χ1v) is 7.99. The van der Waals surface area contributed by atoms with Crippen molar-refractivity contribution in [2.75, 3.05) is 11.9 Å². The zero-order chi connectivity index (χ0) is 21.9. The molecular weight excluding hydrogens is 430 g/mol. The standard InChI is InChI=1S/C17H11ClF6N2O3/c1-26(16(28)25-14(27)13-9(18)3-2-4-10(13)19)12-6-5-8(7-11(12)20)29-17(23,24)15(21)22/h2-7,15H,1H3,(H,25,27,28). The fourth-order valence-corrected chi connectivity index (χ4v) is 2.34. The van der Waals surface area contributed by atoms with Crippen molar-refractivity contribution < 1.29 is 40.7 Å². The number of amides is 3. The minimum absolute atomic E-state index is 0.273. The number of halogens is 7. The second-order valence-corrected chi connectivity index (χ2v) is 5.90. The third-order valence-corrected chi connectivity index (χ3v) is 3.82. The highest BCUT2D eigenvalue weighted by atomic mass is 35.5. The van der Waals surface area contributed by atoms with Crippen molar-refractivity contribution in [2.45, 2.75) is 12.5 Å². The summed E-state index contributed by atoms with van der Waals surface area (Å²) >= 11 is 5.71. The van der Waals surface area contributed by atoms with Gasteiger partial charge >= 0.3 is 18.6 Å². The normalized spacial score (nSPS) is 11.3. The van der Waals surface area contributed by atoms with Crippen LogP contribution in [0.25, 0.3) is 0 Å². The first-order chi connectivity index (χ1) is 13.4. The molecule has 0 saturated carbocycles. The molecule has 0 bridgehead atoms. The summed E-state index contributed by atoms with van der Waals surface area (Å²) < 4.78 is 81.6. The van der Waals surface area contributed by atoms with Crippen LogP contribution in [0.5, 0.6) is 5.75 Å². The number of benzene rings is 2. The molecule has 0 spiro atoms. The van der Waals surface area contributed by atoms with Gasteiger partial charge in [-0.25, -0.2) is 13.6 Å². The first-order valence-electron chi connectivity index (χ1n) is 7.61. The first kappa shape index (κ1) is 22.3. The van der Waals surface area contributed by atoms with Gasteiger partial charge in [0.25, 0.3) is 5.91 Å². The second-order valence-electron chi connectivity index (χ2n) is 5.49. The quantitative estimate of drug-likeness (QED) is 0.677. The van der Waals surface area contributed by atoms with Gasteiger partial charge in [0.2, 0.25) is 0 Å². The monoisotopic (exact) mass is 440 g/mol. The molecular formula is C17H11ClF6N2O3. The summed E-state index contributed by atoms with van der Waals surface area (Å²) in [5.41, 5.74) is -1.13. The molecule has 0 fully saturated rings. The average Bonchev–Trinajstić information content (AvgIpc) is 2.60. The minimum atomic E-state index is -4.84. The molecule has 156 valence electrons. The van der Waals surface area contributed by atoms with E-state index in [0.29, 0.717) is 17.0 Å². The summed E-state index contributed by atoms with van der Waals surface area (Å²) in [5, 5.41) is 1.51.